The summed E-state index contributed by atoms with van der Waals surface area (Å²) in [4.78, 5) is 26.9. The van der Waals surface area contributed by atoms with Gasteiger partial charge in [0.15, 0.2) is 18.1 Å². The molecule has 6 nitrogen and oxygen atoms in total. The Hall–Kier alpha value is -2.24. The van der Waals surface area contributed by atoms with Crippen LogP contribution in [0.4, 0.5) is 0 Å². The van der Waals surface area contributed by atoms with Crippen molar-refractivity contribution in [1.29, 1.82) is 0 Å². The smallest absolute Gasteiger partial charge is 0.258 e. The molecular weight excluding hydrogens is 356 g/mol. The van der Waals surface area contributed by atoms with Crippen molar-refractivity contribution in [2.45, 2.75) is 57.9 Å². The fourth-order valence-electron chi connectivity index (χ4n) is 4.11. The van der Waals surface area contributed by atoms with Gasteiger partial charge in [-0.15, -0.1) is 0 Å². The van der Waals surface area contributed by atoms with E-state index in [0.717, 1.165) is 38.8 Å². The van der Waals surface area contributed by atoms with Gasteiger partial charge in [0.05, 0.1) is 6.61 Å². The van der Waals surface area contributed by atoms with Crippen molar-refractivity contribution in [2.75, 3.05) is 26.3 Å². The van der Waals surface area contributed by atoms with Gasteiger partial charge in [-0.25, -0.2) is 0 Å². The summed E-state index contributed by atoms with van der Waals surface area (Å²) in [5.74, 6) is 1.63. The first-order chi connectivity index (χ1) is 13.7. The maximum atomic E-state index is 12.6. The van der Waals surface area contributed by atoms with Gasteiger partial charge < -0.3 is 19.7 Å². The van der Waals surface area contributed by atoms with Crippen molar-refractivity contribution >= 4 is 11.8 Å². The summed E-state index contributed by atoms with van der Waals surface area (Å²) in [7, 11) is 0. The van der Waals surface area contributed by atoms with Crippen molar-refractivity contribution in [2.24, 2.45) is 5.92 Å². The second kappa shape index (κ2) is 10.3. The Morgan fingerprint density at radius 3 is 2.29 bits per heavy atom. The van der Waals surface area contributed by atoms with Gasteiger partial charge in [-0.2, -0.15) is 0 Å². The molecule has 0 radical (unpaired) electrons. The lowest BCUT2D eigenvalue weighted by Crippen LogP contribution is -2.49. The molecule has 0 unspecified atom stereocenters. The minimum absolute atomic E-state index is 0.0364. The summed E-state index contributed by atoms with van der Waals surface area (Å²) in [6, 6.07) is 7.46. The van der Waals surface area contributed by atoms with Crippen LogP contribution in [0.15, 0.2) is 24.3 Å². The molecule has 1 saturated heterocycles. The zero-order chi connectivity index (χ0) is 19.8. The highest BCUT2D eigenvalue weighted by Gasteiger charge is 2.29. The molecule has 0 atom stereocenters. The Labute approximate surface area is 167 Å². The van der Waals surface area contributed by atoms with Crippen LogP contribution in [0.25, 0.3) is 0 Å². The highest BCUT2D eigenvalue weighted by molar-refractivity contribution is 5.79. The first-order valence-corrected chi connectivity index (χ1v) is 10.6. The van der Waals surface area contributed by atoms with E-state index in [2.05, 4.69) is 5.32 Å². The Balaban J connectivity index is 1.39. The largest absolute Gasteiger partial charge is 0.490 e. The number of carbonyl (C=O) groups excluding carboxylic acids is 2. The van der Waals surface area contributed by atoms with Gasteiger partial charge in [0.2, 0.25) is 5.91 Å². The van der Waals surface area contributed by atoms with Gasteiger partial charge >= 0.3 is 0 Å². The highest BCUT2D eigenvalue weighted by atomic mass is 16.5. The number of nitrogens with zero attached hydrogens (tertiary/aromatic N) is 1. The lowest BCUT2D eigenvalue weighted by atomic mass is 9.87. The molecule has 2 aliphatic rings. The van der Waals surface area contributed by atoms with Crippen molar-refractivity contribution < 1.29 is 19.1 Å². The van der Waals surface area contributed by atoms with E-state index >= 15 is 0 Å². The average Bonchev–Trinajstić information content (AvgIpc) is 2.74. The van der Waals surface area contributed by atoms with Gasteiger partial charge in [0.25, 0.3) is 5.91 Å². The summed E-state index contributed by atoms with van der Waals surface area (Å²) < 4.78 is 11.1. The van der Waals surface area contributed by atoms with Crippen LogP contribution in [0.2, 0.25) is 0 Å². The van der Waals surface area contributed by atoms with Crippen molar-refractivity contribution in [3.8, 4) is 11.5 Å². The van der Waals surface area contributed by atoms with Crippen LogP contribution in [-0.4, -0.2) is 49.1 Å². The van der Waals surface area contributed by atoms with Gasteiger partial charge in [0.1, 0.15) is 0 Å². The van der Waals surface area contributed by atoms with Gasteiger partial charge in [-0.1, -0.05) is 31.4 Å². The number of hydrogen-bond acceptors (Lipinski definition) is 4. The molecule has 154 valence electrons. The summed E-state index contributed by atoms with van der Waals surface area (Å²) in [6.45, 7) is 3.88. The molecule has 1 aliphatic heterocycles. The third-order valence-electron chi connectivity index (χ3n) is 5.63. The van der Waals surface area contributed by atoms with E-state index in [4.69, 9.17) is 9.47 Å². The molecule has 3 rings (SSSR count). The summed E-state index contributed by atoms with van der Waals surface area (Å²) >= 11 is 0. The topological polar surface area (TPSA) is 67.9 Å². The monoisotopic (exact) mass is 388 g/mol. The number of hydrogen-bond donors (Lipinski definition) is 1. The fraction of sp³-hybridized carbons (Fsp3) is 0.636. The number of carbonyl (C=O) groups is 2. The molecule has 0 aromatic heterocycles. The maximum Gasteiger partial charge on any atom is 0.258 e. The second-order valence-corrected chi connectivity index (χ2v) is 7.67. The van der Waals surface area contributed by atoms with E-state index in [1.54, 1.807) is 6.07 Å². The molecular formula is C22H32N2O4. The molecule has 1 heterocycles. The molecule has 28 heavy (non-hydrogen) atoms. The number of nitrogens with one attached hydrogen (secondary N) is 1. The Morgan fingerprint density at radius 2 is 1.64 bits per heavy atom. The minimum Gasteiger partial charge on any atom is -0.490 e. The Morgan fingerprint density at radius 1 is 1.00 bits per heavy atom. The number of para-hydroxylation sites is 2. The van der Waals surface area contributed by atoms with Crippen LogP contribution < -0.4 is 14.8 Å². The summed E-state index contributed by atoms with van der Waals surface area (Å²) in [5, 5.41) is 3.04. The minimum atomic E-state index is -0.136. The molecule has 0 bridgehead atoms. The Kier molecular flexibility index (Phi) is 7.57. The van der Waals surface area contributed by atoms with Crippen LogP contribution in [0.3, 0.4) is 0 Å². The van der Waals surface area contributed by atoms with Crippen LogP contribution in [0.1, 0.15) is 51.9 Å². The van der Waals surface area contributed by atoms with Gasteiger partial charge in [0, 0.05) is 25.0 Å². The molecule has 1 aromatic carbocycles. The number of amides is 2. The van der Waals surface area contributed by atoms with E-state index in [9.17, 15) is 9.59 Å². The third kappa shape index (κ3) is 5.63. The van der Waals surface area contributed by atoms with Gasteiger partial charge in [-0.3, -0.25) is 9.59 Å². The molecule has 6 heteroatoms. The van der Waals surface area contributed by atoms with E-state index in [-0.39, 0.29) is 24.5 Å². The zero-order valence-electron chi connectivity index (χ0n) is 16.8. The van der Waals surface area contributed by atoms with Crippen LogP contribution in [0.5, 0.6) is 11.5 Å². The molecule has 1 saturated carbocycles. The maximum absolute atomic E-state index is 12.6. The first-order valence-electron chi connectivity index (χ1n) is 10.6. The lowest BCUT2D eigenvalue weighted by Gasteiger charge is -2.35. The Bertz CT molecular complexity index is 650. The van der Waals surface area contributed by atoms with Crippen molar-refractivity contribution in [1.82, 2.24) is 10.2 Å². The fourth-order valence-corrected chi connectivity index (χ4v) is 4.11. The summed E-state index contributed by atoms with van der Waals surface area (Å²) in [5.41, 5.74) is 0. The molecule has 0 spiro atoms. The molecule has 1 aromatic rings. The second-order valence-electron chi connectivity index (χ2n) is 7.67. The highest BCUT2D eigenvalue weighted by Crippen LogP contribution is 2.27. The van der Waals surface area contributed by atoms with Crippen LogP contribution in [0, 0.1) is 5.92 Å². The van der Waals surface area contributed by atoms with Crippen molar-refractivity contribution in [3.05, 3.63) is 24.3 Å². The molecule has 2 amide bonds. The number of piperidine rings is 1. The SMILES string of the molecule is CCOc1ccccc1OCC(=O)NC1CCN(C(=O)C2CCCCC2)CC1. The van der Waals surface area contributed by atoms with Crippen molar-refractivity contribution in [3.63, 3.8) is 0 Å². The van der Waals surface area contributed by atoms with Crippen LogP contribution in [-0.2, 0) is 9.59 Å². The predicted octanol–water partition coefficient (Wildman–Crippen LogP) is 3.15. The van der Waals surface area contributed by atoms with E-state index in [1.165, 1.54) is 19.3 Å². The number of benzene rings is 1. The van der Waals surface area contributed by atoms with E-state index < -0.39 is 0 Å². The van der Waals surface area contributed by atoms with Gasteiger partial charge in [-0.05, 0) is 44.7 Å². The molecule has 1 aliphatic carbocycles. The lowest BCUT2D eigenvalue weighted by molar-refractivity contribution is -0.137. The first kappa shape index (κ1) is 20.5. The molecule has 1 N–H and O–H groups in total. The number of rotatable bonds is 7. The standard InChI is InChI=1S/C22H32N2O4/c1-2-27-19-10-6-7-11-20(19)28-16-21(25)23-18-12-14-24(15-13-18)22(26)17-8-4-3-5-9-17/h6-7,10-11,17-18H,2-5,8-9,12-16H2,1H3,(H,23,25). The predicted molar refractivity (Wildman–Crippen MR) is 107 cm³/mol. The quantitative estimate of drug-likeness (QED) is 0.779. The van der Waals surface area contributed by atoms with E-state index in [0.29, 0.717) is 24.0 Å². The number of ether oxygens (including phenoxy) is 2. The normalized spacial score (nSPS) is 18.5. The van der Waals surface area contributed by atoms with E-state index in [1.807, 2.05) is 30.0 Å². The number of likely N-dealkylation sites (tertiary alicyclic amines) is 1. The summed E-state index contributed by atoms with van der Waals surface area (Å²) in [6.07, 6.45) is 7.30. The average molecular weight is 389 g/mol. The zero-order valence-corrected chi connectivity index (χ0v) is 16.8. The third-order valence-corrected chi connectivity index (χ3v) is 5.63. The van der Waals surface area contributed by atoms with Crippen LogP contribution >= 0.6 is 0 Å². The molecule has 2 fully saturated rings.